The van der Waals surface area contributed by atoms with Gasteiger partial charge in [-0.25, -0.2) is 4.39 Å². The Morgan fingerprint density at radius 1 is 1.58 bits per heavy atom. The molecule has 0 aliphatic rings. The van der Waals surface area contributed by atoms with Crippen molar-refractivity contribution >= 4 is 27.7 Å². The third-order valence-electron chi connectivity index (χ3n) is 1.39. The van der Waals surface area contributed by atoms with Crippen molar-refractivity contribution in [1.29, 1.82) is 5.26 Å². The molecule has 0 saturated carbocycles. The molecule has 0 radical (unpaired) electrons. The summed E-state index contributed by atoms with van der Waals surface area (Å²) in [7, 11) is 0. The summed E-state index contributed by atoms with van der Waals surface area (Å²) in [5.41, 5.74) is 0.324. The SMILES string of the molecule is CSc1ccc(C#N)c(Br)c1F. The molecule has 1 rings (SSSR count). The standard InChI is InChI=1S/C8H5BrFNS/c1-12-6-3-2-5(4-11)7(9)8(6)10/h2-3H,1H3. The van der Waals surface area contributed by atoms with Gasteiger partial charge < -0.3 is 0 Å². The van der Waals surface area contributed by atoms with Gasteiger partial charge in [0.2, 0.25) is 0 Å². The number of hydrogen-bond donors (Lipinski definition) is 0. The Morgan fingerprint density at radius 3 is 2.75 bits per heavy atom. The minimum absolute atomic E-state index is 0.247. The average molecular weight is 246 g/mol. The zero-order valence-electron chi connectivity index (χ0n) is 6.27. The van der Waals surface area contributed by atoms with Gasteiger partial charge >= 0.3 is 0 Å². The first-order chi connectivity index (χ1) is 5.70. The largest absolute Gasteiger partial charge is 0.204 e. The fraction of sp³-hybridized carbons (Fsp3) is 0.125. The molecule has 0 aliphatic heterocycles. The van der Waals surface area contributed by atoms with Crippen molar-refractivity contribution in [3.63, 3.8) is 0 Å². The molecule has 0 aliphatic carbocycles. The summed E-state index contributed by atoms with van der Waals surface area (Å²) >= 11 is 4.34. The molecule has 1 aromatic carbocycles. The molecule has 4 heteroatoms. The van der Waals surface area contributed by atoms with E-state index < -0.39 is 0 Å². The normalized spacial score (nSPS) is 9.50. The maximum atomic E-state index is 13.2. The number of benzene rings is 1. The number of rotatable bonds is 1. The first kappa shape index (κ1) is 9.56. The lowest BCUT2D eigenvalue weighted by atomic mass is 10.2. The van der Waals surface area contributed by atoms with Crippen molar-refractivity contribution in [3.8, 4) is 6.07 Å². The minimum Gasteiger partial charge on any atom is -0.204 e. The van der Waals surface area contributed by atoms with E-state index in [0.717, 1.165) is 0 Å². The molecule has 0 aromatic heterocycles. The van der Waals surface area contributed by atoms with Gasteiger partial charge in [-0.15, -0.1) is 11.8 Å². The molecule has 0 heterocycles. The predicted octanol–water partition coefficient (Wildman–Crippen LogP) is 3.18. The van der Waals surface area contributed by atoms with Gasteiger partial charge in [-0.1, -0.05) is 0 Å². The van der Waals surface area contributed by atoms with Crippen LogP contribution in [0.25, 0.3) is 0 Å². The molecule has 1 aromatic rings. The van der Waals surface area contributed by atoms with E-state index in [1.165, 1.54) is 11.8 Å². The fourth-order valence-corrected chi connectivity index (χ4v) is 1.83. The Kier molecular flexibility index (Phi) is 3.12. The van der Waals surface area contributed by atoms with Gasteiger partial charge in [-0.3, -0.25) is 0 Å². The van der Waals surface area contributed by atoms with Gasteiger partial charge in [0, 0.05) is 4.90 Å². The van der Waals surface area contributed by atoms with E-state index in [4.69, 9.17) is 5.26 Å². The molecule has 0 saturated heterocycles. The minimum atomic E-state index is -0.360. The van der Waals surface area contributed by atoms with Crippen LogP contribution >= 0.6 is 27.7 Å². The second kappa shape index (κ2) is 3.92. The van der Waals surface area contributed by atoms with Gasteiger partial charge in [0.1, 0.15) is 6.07 Å². The van der Waals surface area contributed by atoms with Crippen LogP contribution in [0.3, 0.4) is 0 Å². The van der Waals surface area contributed by atoms with E-state index in [1.54, 1.807) is 18.4 Å². The summed E-state index contributed by atoms with van der Waals surface area (Å²) in [6.45, 7) is 0. The van der Waals surface area contributed by atoms with Crippen LogP contribution in [0, 0.1) is 17.1 Å². The first-order valence-corrected chi connectivity index (χ1v) is 5.14. The van der Waals surface area contributed by atoms with E-state index in [2.05, 4.69) is 15.9 Å². The van der Waals surface area contributed by atoms with E-state index in [0.29, 0.717) is 10.5 Å². The summed E-state index contributed by atoms with van der Waals surface area (Å²) in [5.74, 6) is -0.360. The van der Waals surface area contributed by atoms with E-state index in [-0.39, 0.29) is 10.3 Å². The Labute approximate surface area is 82.7 Å². The smallest absolute Gasteiger partial charge is 0.152 e. The lowest BCUT2D eigenvalue weighted by molar-refractivity contribution is 0.594. The van der Waals surface area contributed by atoms with Crippen LogP contribution in [0.15, 0.2) is 21.5 Å². The molecule has 0 bridgehead atoms. The highest BCUT2D eigenvalue weighted by atomic mass is 79.9. The van der Waals surface area contributed by atoms with Gasteiger partial charge in [0.05, 0.1) is 10.0 Å². The first-order valence-electron chi connectivity index (χ1n) is 3.12. The van der Waals surface area contributed by atoms with Crippen molar-refractivity contribution in [2.24, 2.45) is 0 Å². The summed E-state index contributed by atoms with van der Waals surface area (Å²) in [6.07, 6.45) is 1.79. The van der Waals surface area contributed by atoms with Crippen LogP contribution in [0.4, 0.5) is 4.39 Å². The number of hydrogen-bond acceptors (Lipinski definition) is 2. The number of nitriles is 1. The summed E-state index contributed by atoms with van der Waals surface area (Å²) in [4.78, 5) is 0.542. The Balaban J connectivity index is 3.32. The summed E-state index contributed by atoms with van der Waals surface area (Å²) in [5, 5.41) is 8.55. The third-order valence-corrected chi connectivity index (χ3v) is 2.92. The molecular weight excluding hydrogens is 241 g/mol. The van der Waals surface area contributed by atoms with Crippen molar-refractivity contribution in [3.05, 3.63) is 28.0 Å². The molecule has 0 unspecified atom stereocenters. The van der Waals surface area contributed by atoms with Gasteiger partial charge in [0.15, 0.2) is 5.82 Å². The zero-order valence-corrected chi connectivity index (χ0v) is 8.67. The number of halogens is 2. The molecule has 12 heavy (non-hydrogen) atoms. The second-order valence-electron chi connectivity index (χ2n) is 2.06. The maximum Gasteiger partial charge on any atom is 0.152 e. The Morgan fingerprint density at radius 2 is 2.25 bits per heavy atom. The van der Waals surface area contributed by atoms with E-state index >= 15 is 0 Å². The lowest BCUT2D eigenvalue weighted by Crippen LogP contribution is -1.86. The van der Waals surface area contributed by atoms with Crippen LogP contribution in [0.5, 0.6) is 0 Å². The fourth-order valence-electron chi connectivity index (χ4n) is 0.776. The Bertz CT molecular complexity index is 346. The summed E-state index contributed by atoms with van der Waals surface area (Å²) < 4.78 is 13.5. The molecule has 0 N–H and O–H groups in total. The van der Waals surface area contributed by atoms with Crippen molar-refractivity contribution < 1.29 is 4.39 Å². The summed E-state index contributed by atoms with van der Waals surface area (Å²) in [6, 6.07) is 5.09. The topological polar surface area (TPSA) is 23.8 Å². The molecule has 0 atom stereocenters. The molecule has 62 valence electrons. The van der Waals surface area contributed by atoms with Crippen LogP contribution < -0.4 is 0 Å². The Hall–Kier alpha value is -0.530. The van der Waals surface area contributed by atoms with Crippen molar-refractivity contribution in [2.45, 2.75) is 4.90 Å². The van der Waals surface area contributed by atoms with Crippen LogP contribution in [0.1, 0.15) is 5.56 Å². The highest BCUT2D eigenvalue weighted by Gasteiger charge is 2.09. The molecule has 1 nitrogen and oxygen atoms in total. The van der Waals surface area contributed by atoms with Crippen LogP contribution in [0.2, 0.25) is 0 Å². The zero-order chi connectivity index (χ0) is 9.14. The lowest BCUT2D eigenvalue weighted by Gasteiger charge is -2.01. The quantitative estimate of drug-likeness (QED) is 0.710. The molecule has 0 spiro atoms. The molecular formula is C8H5BrFNS. The van der Waals surface area contributed by atoms with Crippen molar-refractivity contribution in [1.82, 2.24) is 0 Å². The highest BCUT2D eigenvalue weighted by molar-refractivity contribution is 9.10. The number of thioether (sulfide) groups is 1. The number of nitrogens with zero attached hydrogens (tertiary/aromatic N) is 1. The third kappa shape index (κ3) is 1.62. The predicted molar refractivity (Wildman–Crippen MR) is 50.6 cm³/mol. The van der Waals surface area contributed by atoms with Crippen LogP contribution in [-0.4, -0.2) is 6.26 Å². The molecule has 0 amide bonds. The van der Waals surface area contributed by atoms with Gasteiger partial charge in [-0.05, 0) is 34.3 Å². The molecule has 0 fully saturated rings. The monoisotopic (exact) mass is 245 g/mol. The van der Waals surface area contributed by atoms with Crippen molar-refractivity contribution in [2.75, 3.05) is 6.26 Å². The maximum absolute atomic E-state index is 13.2. The second-order valence-corrected chi connectivity index (χ2v) is 3.70. The highest BCUT2D eigenvalue weighted by Crippen LogP contribution is 2.28. The van der Waals surface area contributed by atoms with Crippen LogP contribution in [-0.2, 0) is 0 Å². The van der Waals surface area contributed by atoms with E-state index in [9.17, 15) is 4.39 Å². The average Bonchev–Trinajstić information content (AvgIpc) is 2.10. The van der Waals surface area contributed by atoms with E-state index in [1.807, 2.05) is 6.07 Å². The van der Waals surface area contributed by atoms with Gasteiger partial charge in [0.25, 0.3) is 0 Å². The van der Waals surface area contributed by atoms with Gasteiger partial charge in [-0.2, -0.15) is 5.26 Å².